The van der Waals surface area contributed by atoms with E-state index >= 15 is 0 Å². The molecule has 0 aliphatic heterocycles. The maximum absolute atomic E-state index is 13.2. The zero-order valence-electron chi connectivity index (χ0n) is 19.2. The Labute approximate surface area is 205 Å². The normalized spacial score (nSPS) is 21.1. The van der Waals surface area contributed by atoms with Crippen LogP contribution in [0.5, 0.6) is 11.5 Å². The minimum absolute atomic E-state index is 0.0746. The largest absolute Gasteiger partial charge is 0.507 e. The summed E-state index contributed by atoms with van der Waals surface area (Å²) in [6.45, 7) is 1.43. The van der Waals surface area contributed by atoms with Crippen molar-refractivity contribution in [3.63, 3.8) is 0 Å². The number of fused-ring (bicyclic) bond motifs is 3. The van der Waals surface area contributed by atoms with Gasteiger partial charge in [0.05, 0.1) is 17.2 Å². The molecule has 0 aromatic heterocycles. The van der Waals surface area contributed by atoms with Crippen LogP contribution in [0.4, 0.5) is 10.5 Å². The summed E-state index contributed by atoms with van der Waals surface area (Å²) < 4.78 is 5.35. The van der Waals surface area contributed by atoms with Gasteiger partial charge in [-0.05, 0) is 19.1 Å². The van der Waals surface area contributed by atoms with E-state index in [1.165, 1.54) is 19.1 Å². The van der Waals surface area contributed by atoms with Crippen LogP contribution in [0.3, 0.4) is 0 Å². The summed E-state index contributed by atoms with van der Waals surface area (Å²) in [6.07, 6.45) is -4.21. The van der Waals surface area contributed by atoms with E-state index in [4.69, 9.17) is 4.74 Å². The van der Waals surface area contributed by atoms with Crippen molar-refractivity contribution in [2.45, 2.75) is 37.6 Å². The molecule has 2 aliphatic rings. The molecule has 0 bridgehead atoms. The van der Waals surface area contributed by atoms with Crippen molar-refractivity contribution in [3.8, 4) is 11.5 Å². The van der Waals surface area contributed by atoms with Gasteiger partial charge in [-0.2, -0.15) is 0 Å². The van der Waals surface area contributed by atoms with Crippen LogP contribution in [0.25, 0.3) is 0 Å². The molecule has 0 heterocycles. The second-order valence-corrected chi connectivity index (χ2v) is 9.08. The summed E-state index contributed by atoms with van der Waals surface area (Å²) in [5.41, 5.74) is -2.22. The lowest BCUT2D eigenvalue weighted by molar-refractivity contribution is -0.101. The number of aliphatic hydroxyl groups is 2. The number of phenolic OH excluding ortho intramolecular Hbond substituents is 2. The van der Waals surface area contributed by atoms with E-state index in [0.717, 1.165) is 0 Å². The van der Waals surface area contributed by atoms with Gasteiger partial charge in [-0.15, -0.1) is 0 Å². The second kappa shape index (κ2) is 8.47. The third-order valence-electron chi connectivity index (χ3n) is 6.88. The monoisotopic (exact) mass is 489 g/mol. The minimum Gasteiger partial charge on any atom is -0.507 e. The Kier molecular flexibility index (Phi) is 5.54. The van der Waals surface area contributed by atoms with Gasteiger partial charge in [-0.3, -0.25) is 14.9 Å². The van der Waals surface area contributed by atoms with Crippen molar-refractivity contribution >= 4 is 23.3 Å². The van der Waals surface area contributed by atoms with E-state index in [0.29, 0.717) is 5.69 Å². The van der Waals surface area contributed by atoms with Gasteiger partial charge in [0.25, 0.3) is 0 Å². The van der Waals surface area contributed by atoms with Crippen LogP contribution in [0.1, 0.15) is 62.4 Å². The van der Waals surface area contributed by atoms with Gasteiger partial charge < -0.3 is 25.2 Å². The van der Waals surface area contributed by atoms with E-state index in [1.54, 1.807) is 42.5 Å². The fourth-order valence-corrected chi connectivity index (χ4v) is 4.99. The average molecular weight is 489 g/mol. The van der Waals surface area contributed by atoms with Crippen LogP contribution < -0.4 is 5.32 Å². The number of nitrogens with one attached hydrogen (secondary N) is 1. The number of aromatic hydroxyl groups is 2. The molecule has 3 atom stereocenters. The zero-order chi connectivity index (χ0) is 25.8. The molecular formula is C27H23NO8. The number of ether oxygens (including phenoxy) is 1. The van der Waals surface area contributed by atoms with E-state index in [2.05, 4.69) is 5.32 Å². The molecular weight excluding hydrogens is 466 g/mol. The summed E-state index contributed by atoms with van der Waals surface area (Å²) in [5, 5.41) is 46.9. The molecule has 3 aromatic carbocycles. The summed E-state index contributed by atoms with van der Waals surface area (Å²) in [6, 6.07) is 14.6. The van der Waals surface area contributed by atoms with Crippen molar-refractivity contribution < 1.29 is 39.5 Å². The van der Waals surface area contributed by atoms with Crippen molar-refractivity contribution in [1.29, 1.82) is 0 Å². The Hall–Kier alpha value is -4.21. The maximum Gasteiger partial charge on any atom is 0.411 e. The second-order valence-electron chi connectivity index (χ2n) is 9.08. The first kappa shape index (κ1) is 23.5. The van der Waals surface area contributed by atoms with Gasteiger partial charge in [-0.1, -0.05) is 42.5 Å². The lowest BCUT2D eigenvalue weighted by atomic mass is 9.72. The van der Waals surface area contributed by atoms with Crippen LogP contribution >= 0.6 is 0 Å². The summed E-state index contributed by atoms with van der Waals surface area (Å²) in [5.74, 6) is -2.54. The van der Waals surface area contributed by atoms with Crippen molar-refractivity contribution in [1.82, 2.24) is 0 Å². The summed E-state index contributed by atoms with van der Waals surface area (Å²) in [7, 11) is 0. The predicted molar refractivity (Wildman–Crippen MR) is 127 cm³/mol. The van der Waals surface area contributed by atoms with Gasteiger partial charge in [0.1, 0.15) is 23.2 Å². The number of para-hydroxylation sites is 1. The zero-order valence-corrected chi connectivity index (χ0v) is 19.2. The highest BCUT2D eigenvalue weighted by Gasteiger charge is 2.48. The Bertz CT molecular complexity index is 1420. The number of hydrogen-bond acceptors (Lipinski definition) is 8. The standard InChI is InChI=1S/C27H23NO8/c1-13(36-26(34)28-14-7-3-2-4-8-14)27(35)11-17-19(18(29)12-27)25(33)21-20(24(17)32)22(30)15-9-5-6-10-16(15)23(21)31/h2-10,13,18,29,32-33,35H,11-12H2,1H3,(H,28,34)/t13-,18-,27+/m0/s1. The number of rotatable bonds is 3. The summed E-state index contributed by atoms with van der Waals surface area (Å²) >= 11 is 0. The molecule has 0 saturated heterocycles. The van der Waals surface area contributed by atoms with Gasteiger partial charge >= 0.3 is 6.09 Å². The molecule has 0 fully saturated rings. The van der Waals surface area contributed by atoms with Gasteiger partial charge in [0, 0.05) is 40.8 Å². The van der Waals surface area contributed by atoms with Crippen LogP contribution in [0.2, 0.25) is 0 Å². The highest BCUT2D eigenvalue weighted by molar-refractivity contribution is 6.30. The van der Waals surface area contributed by atoms with E-state index < -0.39 is 47.0 Å². The van der Waals surface area contributed by atoms with Gasteiger partial charge in [0.2, 0.25) is 0 Å². The number of aliphatic hydroxyl groups excluding tert-OH is 1. The van der Waals surface area contributed by atoms with Crippen molar-refractivity contribution in [2.24, 2.45) is 0 Å². The quantitative estimate of drug-likeness (QED) is 0.275. The lowest BCUT2D eigenvalue weighted by Crippen LogP contribution is -2.49. The molecule has 9 nitrogen and oxygen atoms in total. The van der Waals surface area contributed by atoms with Crippen molar-refractivity contribution in [3.05, 3.63) is 88.0 Å². The van der Waals surface area contributed by atoms with E-state index in [9.17, 15) is 34.8 Å². The molecule has 3 aromatic rings. The molecule has 1 amide bonds. The molecule has 0 radical (unpaired) electrons. The first-order chi connectivity index (χ1) is 17.1. The highest BCUT2D eigenvalue weighted by Crippen LogP contribution is 2.50. The number of carbonyl (C=O) groups excluding carboxylic acids is 3. The smallest absolute Gasteiger partial charge is 0.411 e. The SMILES string of the molecule is C[C@H](OC(=O)Nc1ccccc1)[C@@]1(O)Cc2c(O)c3c(c(O)c2[C@@H](O)C1)C(=O)c1ccccc1C3=O. The number of hydrogen-bond donors (Lipinski definition) is 5. The first-order valence-electron chi connectivity index (χ1n) is 11.3. The highest BCUT2D eigenvalue weighted by atomic mass is 16.6. The molecule has 9 heteroatoms. The van der Waals surface area contributed by atoms with Crippen LogP contribution in [0, 0.1) is 0 Å². The number of carbonyl (C=O) groups is 3. The molecule has 0 spiro atoms. The predicted octanol–water partition coefficient (Wildman–Crippen LogP) is 3.22. The topological polar surface area (TPSA) is 153 Å². The minimum atomic E-state index is -1.85. The first-order valence-corrected chi connectivity index (χ1v) is 11.3. The fraction of sp³-hybridized carbons (Fsp3) is 0.222. The average Bonchev–Trinajstić information content (AvgIpc) is 2.85. The van der Waals surface area contributed by atoms with Crippen LogP contribution in [0.15, 0.2) is 54.6 Å². The van der Waals surface area contributed by atoms with Gasteiger partial charge in [0.15, 0.2) is 11.6 Å². The maximum atomic E-state index is 13.2. The Morgan fingerprint density at radius 2 is 1.53 bits per heavy atom. The van der Waals surface area contributed by atoms with Crippen molar-refractivity contribution in [2.75, 3.05) is 5.32 Å². The molecule has 184 valence electrons. The lowest BCUT2D eigenvalue weighted by Gasteiger charge is -2.40. The van der Waals surface area contributed by atoms with Crippen LogP contribution in [-0.2, 0) is 11.2 Å². The third-order valence-corrected chi connectivity index (χ3v) is 6.88. The molecule has 5 rings (SSSR count). The third kappa shape index (κ3) is 3.60. The van der Waals surface area contributed by atoms with Gasteiger partial charge in [-0.25, -0.2) is 4.79 Å². The Balaban J connectivity index is 1.50. The Morgan fingerprint density at radius 1 is 0.972 bits per heavy atom. The van der Waals surface area contributed by atoms with E-state index in [-0.39, 0.29) is 46.2 Å². The van der Waals surface area contributed by atoms with E-state index in [1.807, 2.05) is 0 Å². The summed E-state index contributed by atoms with van der Waals surface area (Å²) in [4.78, 5) is 38.7. The number of ketones is 2. The Morgan fingerprint density at radius 3 is 2.14 bits per heavy atom. The molecule has 0 unspecified atom stereocenters. The molecule has 5 N–H and O–H groups in total. The fourth-order valence-electron chi connectivity index (χ4n) is 4.99. The number of amides is 1. The molecule has 0 saturated carbocycles. The number of phenols is 2. The molecule has 2 aliphatic carbocycles. The molecule has 36 heavy (non-hydrogen) atoms. The number of anilines is 1. The van der Waals surface area contributed by atoms with Crippen LogP contribution in [-0.4, -0.2) is 49.8 Å². The number of benzene rings is 3.